The van der Waals surface area contributed by atoms with Gasteiger partial charge in [0.1, 0.15) is 10.8 Å². The van der Waals surface area contributed by atoms with Gasteiger partial charge in [0.2, 0.25) is 0 Å². The Labute approximate surface area is 123 Å². The summed E-state index contributed by atoms with van der Waals surface area (Å²) < 4.78 is 0.926. The Bertz CT molecular complexity index is 709. The zero-order chi connectivity index (χ0) is 13.2. The average molecular weight is 332 g/mol. The van der Waals surface area contributed by atoms with E-state index in [1.54, 1.807) is 17.4 Å². The molecule has 0 spiro atoms. The van der Waals surface area contributed by atoms with Crippen molar-refractivity contribution in [2.24, 2.45) is 0 Å². The minimum absolute atomic E-state index is 0.244. The number of hydrogen-bond acceptors (Lipinski definition) is 3. The fourth-order valence-electron chi connectivity index (χ4n) is 1.82. The molecule has 0 unspecified atom stereocenters. The summed E-state index contributed by atoms with van der Waals surface area (Å²) in [6.07, 6.45) is 0. The second-order valence-corrected chi connectivity index (χ2v) is 5.84. The number of aromatic hydroxyl groups is 1. The molecule has 2 aromatic carbocycles. The highest BCUT2D eigenvalue weighted by Crippen LogP contribution is 2.34. The first-order chi connectivity index (χ1) is 9.24. The van der Waals surface area contributed by atoms with Gasteiger partial charge in [-0.15, -0.1) is 11.3 Å². The van der Waals surface area contributed by atoms with Crippen LogP contribution in [0.3, 0.4) is 0 Å². The van der Waals surface area contributed by atoms with E-state index >= 15 is 0 Å². The summed E-state index contributed by atoms with van der Waals surface area (Å²) in [5, 5.41) is 12.8. The summed E-state index contributed by atoms with van der Waals surface area (Å²) >= 11 is 4.98. The summed E-state index contributed by atoms with van der Waals surface area (Å²) in [5.41, 5.74) is 2.63. The third kappa shape index (κ3) is 2.55. The van der Waals surface area contributed by atoms with E-state index < -0.39 is 0 Å². The fraction of sp³-hybridized carbons (Fsp3) is 0. The molecule has 0 aliphatic rings. The lowest BCUT2D eigenvalue weighted by Gasteiger charge is -2.01. The highest BCUT2D eigenvalue weighted by Gasteiger charge is 2.10. The van der Waals surface area contributed by atoms with Gasteiger partial charge in [-0.25, -0.2) is 4.98 Å². The molecule has 1 aromatic heterocycles. The number of benzene rings is 2. The van der Waals surface area contributed by atoms with Crippen LogP contribution < -0.4 is 0 Å². The van der Waals surface area contributed by atoms with E-state index in [9.17, 15) is 5.11 Å². The zero-order valence-corrected chi connectivity index (χ0v) is 12.3. The lowest BCUT2D eigenvalue weighted by Crippen LogP contribution is -1.81. The number of aromatic nitrogens is 1. The summed E-state index contributed by atoms with van der Waals surface area (Å²) in [7, 11) is 0. The Balaban J connectivity index is 2.04. The van der Waals surface area contributed by atoms with E-state index in [2.05, 4.69) is 20.9 Å². The maximum atomic E-state index is 9.91. The number of phenols is 1. The van der Waals surface area contributed by atoms with Gasteiger partial charge in [0.05, 0.1) is 5.69 Å². The quantitative estimate of drug-likeness (QED) is 0.721. The van der Waals surface area contributed by atoms with Crippen LogP contribution in [0.1, 0.15) is 0 Å². The van der Waals surface area contributed by atoms with Crippen molar-refractivity contribution in [3.63, 3.8) is 0 Å². The first kappa shape index (κ1) is 12.4. The van der Waals surface area contributed by atoms with Crippen molar-refractivity contribution in [3.8, 4) is 27.6 Å². The van der Waals surface area contributed by atoms with Gasteiger partial charge in [0.25, 0.3) is 0 Å². The van der Waals surface area contributed by atoms with Crippen molar-refractivity contribution in [3.05, 3.63) is 58.4 Å². The summed E-state index contributed by atoms with van der Waals surface area (Å²) in [5.74, 6) is 0.244. The number of nitrogens with zero attached hydrogens (tertiary/aromatic N) is 1. The second-order valence-electron chi connectivity index (χ2n) is 4.07. The number of thiazole rings is 1. The van der Waals surface area contributed by atoms with Crippen LogP contribution in [0, 0.1) is 0 Å². The van der Waals surface area contributed by atoms with Gasteiger partial charge in [-0.05, 0) is 18.2 Å². The standard InChI is InChI=1S/C15H10BrNOS/c16-11-6-7-14(18)12(8-11)13-9-19-15(17-13)10-4-2-1-3-5-10/h1-9,18H. The molecule has 0 atom stereocenters. The Kier molecular flexibility index (Phi) is 3.36. The second kappa shape index (κ2) is 5.15. The highest BCUT2D eigenvalue weighted by molar-refractivity contribution is 9.10. The normalized spacial score (nSPS) is 10.6. The third-order valence-corrected chi connectivity index (χ3v) is 4.14. The van der Waals surface area contributed by atoms with Crippen LogP contribution in [-0.2, 0) is 0 Å². The number of halogens is 1. The molecule has 0 aliphatic carbocycles. The molecule has 1 heterocycles. The van der Waals surface area contributed by atoms with Gasteiger partial charge >= 0.3 is 0 Å². The van der Waals surface area contributed by atoms with Gasteiger partial charge in [0.15, 0.2) is 0 Å². The molecule has 0 radical (unpaired) electrons. The fourth-order valence-corrected chi connectivity index (χ4v) is 3.01. The van der Waals surface area contributed by atoms with Crippen molar-refractivity contribution in [2.75, 3.05) is 0 Å². The van der Waals surface area contributed by atoms with Crippen molar-refractivity contribution < 1.29 is 5.11 Å². The molecule has 1 N–H and O–H groups in total. The Morgan fingerprint density at radius 2 is 1.84 bits per heavy atom. The van der Waals surface area contributed by atoms with E-state index in [0.717, 1.165) is 26.3 Å². The lowest BCUT2D eigenvalue weighted by atomic mass is 10.1. The minimum Gasteiger partial charge on any atom is -0.507 e. The van der Waals surface area contributed by atoms with Crippen LogP contribution in [0.5, 0.6) is 5.75 Å². The summed E-state index contributed by atoms with van der Waals surface area (Å²) in [4.78, 5) is 4.59. The molecular formula is C15H10BrNOS. The Morgan fingerprint density at radius 3 is 2.63 bits per heavy atom. The largest absolute Gasteiger partial charge is 0.507 e. The molecule has 4 heteroatoms. The number of hydrogen-bond donors (Lipinski definition) is 1. The molecule has 0 saturated heterocycles. The van der Waals surface area contributed by atoms with Gasteiger partial charge in [0, 0.05) is 21.0 Å². The number of phenolic OH excluding ortho intramolecular Hbond substituents is 1. The first-order valence-corrected chi connectivity index (χ1v) is 7.41. The molecular weight excluding hydrogens is 322 g/mol. The van der Waals surface area contributed by atoms with Crippen LogP contribution in [0.15, 0.2) is 58.4 Å². The molecule has 0 fully saturated rings. The van der Waals surface area contributed by atoms with Gasteiger partial charge in [-0.2, -0.15) is 0 Å². The molecule has 0 amide bonds. The van der Waals surface area contributed by atoms with E-state index in [0.29, 0.717) is 0 Å². The zero-order valence-electron chi connectivity index (χ0n) is 9.88. The van der Waals surface area contributed by atoms with Crippen LogP contribution in [0.25, 0.3) is 21.8 Å². The van der Waals surface area contributed by atoms with Crippen LogP contribution in [-0.4, -0.2) is 10.1 Å². The minimum atomic E-state index is 0.244. The number of rotatable bonds is 2. The maximum Gasteiger partial charge on any atom is 0.125 e. The predicted molar refractivity (Wildman–Crippen MR) is 82.4 cm³/mol. The topological polar surface area (TPSA) is 33.1 Å². The smallest absolute Gasteiger partial charge is 0.125 e. The maximum absolute atomic E-state index is 9.91. The molecule has 94 valence electrons. The van der Waals surface area contributed by atoms with Crippen molar-refractivity contribution in [2.45, 2.75) is 0 Å². The average Bonchev–Trinajstić information content (AvgIpc) is 2.92. The molecule has 0 bridgehead atoms. The molecule has 19 heavy (non-hydrogen) atoms. The van der Waals surface area contributed by atoms with Crippen molar-refractivity contribution >= 4 is 27.3 Å². The Morgan fingerprint density at radius 1 is 1.05 bits per heavy atom. The van der Waals surface area contributed by atoms with Gasteiger partial charge in [-0.1, -0.05) is 46.3 Å². The summed E-state index contributed by atoms with van der Waals surface area (Å²) in [6.45, 7) is 0. The molecule has 0 aliphatic heterocycles. The third-order valence-electron chi connectivity index (χ3n) is 2.76. The first-order valence-electron chi connectivity index (χ1n) is 5.74. The van der Waals surface area contributed by atoms with Crippen LogP contribution in [0.2, 0.25) is 0 Å². The van der Waals surface area contributed by atoms with E-state index in [4.69, 9.17) is 0 Å². The van der Waals surface area contributed by atoms with Gasteiger partial charge < -0.3 is 5.11 Å². The lowest BCUT2D eigenvalue weighted by molar-refractivity contribution is 0.477. The van der Waals surface area contributed by atoms with E-state index in [1.165, 1.54) is 0 Å². The molecule has 3 aromatic rings. The summed E-state index contributed by atoms with van der Waals surface area (Å²) in [6, 6.07) is 15.4. The SMILES string of the molecule is Oc1ccc(Br)cc1-c1csc(-c2ccccc2)n1. The van der Waals surface area contributed by atoms with Gasteiger partial charge in [-0.3, -0.25) is 0 Å². The predicted octanol–water partition coefficient (Wildman–Crippen LogP) is 4.95. The van der Waals surface area contributed by atoms with E-state index in [-0.39, 0.29) is 5.75 Å². The monoisotopic (exact) mass is 331 g/mol. The van der Waals surface area contributed by atoms with Crippen LogP contribution >= 0.6 is 27.3 Å². The van der Waals surface area contributed by atoms with Crippen molar-refractivity contribution in [1.82, 2.24) is 4.98 Å². The van der Waals surface area contributed by atoms with Crippen LogP contribution in [0.4, 0.5) is 0 Å². The molecule has 0 saturated carbocycles. The highest BCUT2D eigenvalue weighted by atomic mass is 79.9. The molecule has 2 nitrogen and oxygen atoms in total. The van der Waals surface area contributed by atoms with Crippen molar-refractivity contribution in [1.29, 1.82) is 0 Å². The Hall–Kier alpha value is -1.65. The molecule has 3 rings (SSSR count). The van der Waals surface area contributed by atoms with E-state index in [1.807, 2.05) is 47.8 Å².